The van der Waals surface area contributed by atoms with Gasteiger partial charge in [0.2, 0.25) is 0 Å². The molecular weight excluding hydrogens is 637 g/mol. The molecule has 0 radical (unpaired) electrons. The van der Waals surface area contributed by atoms with Gasteiger partial charge in [0.05, 0.1) is 8.85 Å². The maximum absolute atomic E-state index is 12.0. The first-order chi connectivity index (χ1) is 25.9. The Morgan fingerprint density at radius 3 is 1.87 bits per heavy atom. The average molecular weight is 699 g/mol. The molecule has 0 aromatic carbocycles. The van der Waals surface area contributed by atoms with E-state index in [-0.39, 0.29) is 27.8 Å². The lowest BCUT2D eigenvalue weighted by molar-refractivity contribution is -0.117. The van der Waals surface area contributed by atoms with Crippen molar-refractivity contribution in [1.82, 2.24) is 9.97 Å². The quantitative estimate of drug-likeness (QED) is 0.317. The second-order valence-electron chi connectivity index (χ2n) is 19.0. The summed E-state index contributed by atoms with van der Waals surface area (Å²) in [5.41, 5.74) is 8.45. The highest BCUT2D eigenvalue weighted by molar-refractivity contribution is 5.91. The van der Waals surface area contributed by atoms with Gasteiger partial charge >= 0.3 is 0 Å². The van der Waals surface area contributed by atoms with Crippen molar-refractivity contribution in [1.29, 1.82) is 0 Å². The lowest BCUT2D eigenvalue weighted by Gasteiger charge is -2.57. The highest BCUT2D eigenvalue weighted by atomic mass is 16.3. The monoisotopic (exact) mass is 698 g/mol. The number of pyridine rings is 2. The number of aromatic nitrogens is 2. The van der Waals surface area contributed by atoms with Crippen LogP contribution in [0.5, 0.6) is 0 Å². The summed E-state index contributed by atoms with van der Waals surface area (Å²) in [6, 6.07) is 9.94. The first-order valence-electron chi connectivity index (χ1n) is 21.7. The fraction of sp³-hybridized carbons (Fsp3) is 0.604. The molecule has 0 spiro atoms. The van der Waals surface area contributed by atoms with Crippen LogP contribution in [0.3, 0.4) is 0 Å². The van der Waals surface area contributed by atoms with Gasteiger partial charge in [-0.2, -0.15) is 0 Å². The number of carbonyl (C=O) groups is 1. The minimum absolute atomic E-state index is 0.101. The maximum Gasteiger partial charge on any atom is 0.155 e. The molecule has 8 aliphatic rings. The number of fused-ring (bicyclic) bond motifs is 10. The minimum atomic E-state index is -0.139. The predicted molar refractivity (Wildman–Crippen MR) is 210 cm³/mol. The van der Waals surface area contributed by atoms with E-state index in [0.29, 0.717) is 47.7 Å². The van der Waals surface area contributed by atoms with E-state index in [1.807, 2.05) is 43.0 Å². The second kappa shape index (κ2) is 12.7. The van der Waals surface area contributed by atoms with Gasteiger partial charge in [0, 0.05) is 31.2 Å². The number of hydrogen-bond acceptors (Lipinski definition) is 4. The molecule has 0 saturated heterocycles. The Kier molecular flexibility index (Phi) is 7.92. The largest absolute Gasteiger partial charge is 0.393 e. The van der Waals surface area contributed by atoms with Crippen LogP contribution in [0.25, 0.3) is 11.1 Å². The smallest absolute Gasteiger partial charge is 0.155 e. The molecule has 4 heteroatoms. The topological polar surface area (TPSA) is 63.1 Å². The normalized spacial score (nSPS) is 43.9. The van der Waals surface area contributed by atoms with Crippen LogP contribution in [0.1, 0.15) is 131 Å². The highest BCUT2D eigenvalue weighted by Crippen LogP contribution is 2.68. The average Bonchev–Trinajstić information content (AvgIpc) is 3.60. The number of hydrogen-bond donors (Lipinski definition) is 1. The van der Waals surface area contributed by atoms with Gasteiger partial charge in [-0.05, 0) is 181 Å². The molecule has 4 saturated carbocycles. The van der Waals surface area contributed by atoms with Crippen molar-refractivity contribution >= 4 is 16.9 Å². The molecule has 0 aliphatic heterocycles. The van der Waals surface area contributed by atoms with Crippen LogP contribution < -0.4 is 0 Å². The van der Waals surface area contributed by atoms with Gasteiger partial charge in [-0.15, -0.1) is 0 Å². The van der Waals surface area contributed by atoms with Gasteiger partial charge in [0.1, 0.15) is 0 Å². The number of ketones is 1. The van der Waals surface area contributed by atoms with Gasteiger partial charge < -0.3 is 5.11 Å². The van der Waals surface area contributed by atoms with Gasteiger partial charge in [-0.3, -0.25) is 14.8 Å². The van der Waals surface area contributed by atoms with E-state index in [4.69, 9.17) is 2.74 Å². The third kappa shape index (κ3) is 5.27. The summed E-state index contributed by atoms with van der Waals surface area (Å²) in [7, 11) is 0. The molecule has 1 N–H and O–H groups in total. The molecule has 274 valence electrons. The van der Waals surface area contributed by atoms with Gasteiger partial charge in [0.25, 0.3) is 0 Å². The third-order valence-electron chi connectivity index (χ3n) is 16.9. The van der Waals surface area contributed by atoms with E-state index in [1.54, 1.807) is 0 Å². The first kappa shape index (κ1) is 32.3. The van der Waals surface area contributed by atoms with Crippen LogP contribution in [0, 0.1) is 57.2 Å². The zero-order valence-corrected chi connectivity index (χ0v) is 32.0. The van der Waals surface area contributed by atoms with Crippen LogP contribution in [0.15, 0.2) is 84.5 Å². The maximum atomic E-state index is 12.0. The zero-order chi connectivity index (χ0) is 37.6. The Bertz CT molecular complexity index is 1950. The van der Waals surface area contributed by atoms with Gasteiger partial charge in [0.15, 0.2) is 5.78 Å². The Hall–Kier alpha value is -3.11. The summed E-state index contributed by atoms with van der Waals surface area (Å²) in [6.07, 6.45) is 26.6. The Labute approximate surface area is 315 Å². The van der Waals surface area contributed by atoms with Crippen molar-refractivity contribution in [2.45, 2.75) is 124 Å². The van der Waals surface area contributed by atoms with E-state index in [2.05, 4.69) is 55.9 Å². The summed E-state index contributed by atoms with van der Waals surface area (Å²) in [4.78, 5) is 20.6. The molecule has 2 aromatic heterocycles. The molecule has 11 atom stereocenters. The first-order valence-corrected chi connectivity index (χ1v) is 20.7. The van der Waals surface area contributed by atoms with Crippen LogP contribution in [-0.2, 0) is 4.79 Å². The van der Waals surface area contributed by atoms with E-state index in [9.17, 15) is 9.90 Å². The molecule has 6 unspecified atom stereocenters. The van der Waals surface area contributed by atoms with Crippen molar-refractivity contribution in [2.24, 2.45) is 57.2 Å². The number of rotatable bonds is 2. The number of aliphatic hydroxyl groups is 1. The molecule has 10 rings (SSSR count). The standard InChI is InChI=1S/C24H31NO.C24H29NO/c2*1-23-11-9-18(26)14-17(23)5-6-19-21-8-7-20(16-4-3-13-25-15-16)24(21,2)12-10-22(19)23/h3-5,7,13,15,18-19,21-22,26H,6,8-12,14H2,1-2H3;3-4,7,13-15,19,21-22H,5-6,8-12H2,1-2H3/t18-,19?,21?,22?,23-,24+;19?,21?,22?,23-,24+/m00/s1/i2*7D. The fourth-order valence-corrected chi connectivity index (χ4v) is 13.9. The van der Waals surface area contributed by atoms with Crippen LogP contribution in [0.2, 0.25) is 0 Å². The van der Waals surface area contributed by atoms with E-state index in [1.165, 1.54) is 48.0 Å². The van der Waals surface area contributed by atoms with E-state index >= 15 is 0 Å². The molecule has 2 heterocycles. The molecule has 8 aliphatic carbocycles. The zero-order valence-electron chi connectivity index (χ0n) is 34.0. The van der Waals surface area contributed by atoms with Crippen molar-refractivity contribution in [3.05, 3.63) is 95.6 Å². The van der Waals surface area contributed by atoms with Crippen molar-refractivity contribution in [2.75, 3.05) is 0 Å². The molecule has 0 bridgehead atoms. The van der Waals surface area contributed by atoms with E-state index in [0.717, 1.165) is 81.0 Å². The molecular formula is C48H60N2O2. The Morgan fingerprint density at radius 1 is 0.673 bits per heavy atom. The van der Waals surface area contributed by atoms with Gasteiger partial charge in [-0.25, -0.2) is 0 Å². The van der Waals surface area contributed by atoms with Gasteiger partial charge in [-0.1, -0.05) is 69.2 Å². The fourth-order valence-electron chi connectivity index (χ4n) is 13.9. The SMILES string of the molecule is [2H]C1=C(c2cccnc2)[C@@]2(C)CCC3C(CC=C4C[C@@H](O)CC[C@@]43C)C2C1.[2H]C1=C(c2cccnc2)[C@@]2(C)CCC3C(CCC4=CC(=O)CC[C@@]43C)C2C1. The molecule has 4 nitrogen and oxygen atoms in total. The summed E-state index contributed by atoms with van der Waals surface area (Å²) in [5, 5.41) is 10.2. The lowest BCUT2D eigenvalue weighted by atomic mass is 9.46. The Balaban J connectivity index is 0.000000142. The van der Waals surface area contributed by atoms with Crippen LogP contribution in [-0.4, -0.2) is 27.0 Å². The summed E-state index contributed by atoms with van der Waals surface area (Å²) in [5.74, 6) is 4.19. The number of aliphatic hydroxyl groups excluding tert-OH is 1. The van der Waals surface area contributed by atoms with Crippen molar-refractivity contribution < 1.29 is 12.6 Å². The number of nitrogens with zero attached hydrogens (tertiary/aromatic N) is 2. The van der Waals surface area contributed by atoms with E-state index < -0.39 is 0 Å². The highest BCUT2D eigenvalue weighted by Gasteiger charge is 2.58. The molecule has 4 fully saturated rings. The lowest BCUT2D eigenvalue weighted by Crippen LogP contribution is -2.49. The summed E-state index contributed by atoms with van der Waals surface area (Å²) >= 11 is 0. The Morgan fingerprint density at radius 2 is 1.25 bits per heavy atom. The summed E-state index contributed by atoms with van der Waals surface area (Å²) in [6.45, 7) is 9.73. The van der Waals surface area contributed by atoms with Crippen molar-refractivity contribution in [3.8, 4) is 0 Å². The van der Waals surface area contributed by atoms with Crippen LogP contribution >= 0.6 is 0 Å². The third-order valence-corrected chi connectivity index (χ3v) is 16.9. The predicted octanol–water partition coefficient (Wildman–Crippen LogP) is 11.0. The van der Waals surface area contributed by atoms with Crippen molar-refractivity contribution in [3.63, 3.8) is 0 Å². The minimum Gasteiger partial charge on any atom is -0.393 e. The molecule has 2 aromatic rings. The second-order valence-corrected chi connectivity index (χ2v) is 19.0. The number of carbonyl (C=O) groups excluding carboxylic acids is 1. The number of allylic oxidation sites excluding steroid dienone is 7. The molecule has 0 amide bonds. The summed E-state index contributed by atoms with van der Waals surface area (Å²) < 4.78 is 17.6. The molecule has 52 heavy (non-hydrogen) atoms. The van der Waals surface area contributed by atoms with Crippen LogP contribution in [0.4, 0.5) is 0 Å².